The van der Waals surface area contributed by atoms with Crippen molar-refractivity contribution in [2.45, 2.75) is 18.8 Å². The van der Waals surface area contributed by atoms with Crippen molar-refractivity contribution in [1.29, 1.82) is 0 Å². The summed E-state index contributed by atoms with van der Waals surface area (Å²) in [4.78, 5) is 7.67. The van der Waals surface area contributed by atoms with Crippen LogP contribution in [0.4, 0.5) is 0 Å². The van der Waals surface area contributed by atoms with Crippen LogP contribution < -0.4 is 0 Å². The molecule has 0 aliphatic heterocycles. The first-order valence-electron chi connectivity index (χ1n) is 5.70. The molecule has 2 nitrogen and oxygen atoms in total. The molecule has 1 aromatic carbocycles. The molecule has 0 bridgehead atoms. The molecule has 1 aromatic heterocycles. The van der Waals surface area contributed by atoms with Gasteiger partial charge in [-0.15, -0.1) is 0 Å². The third-order valence-electron chi connectivity index (χ3n) is 2.94. The van der Waals surface area contributed by atoms with E-state index in [4.69, 9.17) is 35.4 Å². The highest BCUT2D eigenvalue weighted by molar-refractivity contribution is 7.71. The standard InChI is InChI=1S/C13H10Cl2N2S/c14-8-3-4-10(15)9(5-8)11-6-12(18)17-13(16-11)7-1-2-7/h3-7H,1-2H2,(H,16,17,18). The number of H-pyrrole nitrogens is 1. The molecule has 0 atom stereocenters. The van der Waals surface area contributed by atoms with E-state index in [2.05, 4.69) is 9.97 Å². The van der Waals surface area contributed by atoms with Gasteiger partial charge in [-0.25, -0.2) is 4.98 Å². The Morgan fingerprint density at radius 2 is 2.00 bits per heavy atom. The van der Waals surface area contributed by atoms with Gasteiger partial charge < -0.3 is 4.98 Å². The highest BCUT2D eigenvalue weighted by atomic mass is 35.5. The van der Waals surface area contributed by atoms with Crippen molar-refractivity contribution in [1.82, 2.24) is 9.97 Å². The second-order valence-electron chi connectivity index (χ2n) is 4.42. The van der Waals surface area contributed by atoms with Gasteiger partial charge in [0.15, 0.2) is 0 Å². The van der Waals surface area contributed by atoms with Gasteiger partial charge in [0.1, 0.15) is 10.5 Å². The number of aromatic amines is 1. The number of hydrogen-bond donors (Lipinski definition) is 1. The van der Waals surface area contributed by atoms with Crippen LogP contribution in [0.15, 0.2) is 24.3 Å². The summed E-state index contributed by atoms with van der Waals surface area (Å²) >= 11 is 17.4. The molecule has 3 rings (SSSR count). The maximum Gasteiger partial charge on any atom is 0.130 e. The van der Waals surface area contributed by atoms with Crippen molar-refractivity contribution in [2.75, 3.05) is 0 Å². The van der Waals surface area contributed by atoms with Crippen LogP contribution in [0.25, 0.3) is 11.3 Å². The Kier molecular flexibility index (Phi) is 3.14. The molecule has 1 aliphatic rings. The molecular formula is C13H10Cl2N2S. The fraction of sp³-hybridized carbons (Fsp3) is 0.231. The molecule has 1 N–H and O–H groups in total. The predicted molar refractivity (Wildman–Crippen MR) is 76.9 cm³/mol. The molecule has 92 valence electrons. The highest BCUT2D eigenvalue weighted by Gasteiger charge is 2.26. The monoisotopic (exact) mass is 296 g/mol. The third-order valence-corrected chi connectivity index (χ3v) is 3.72. The molecule has 0 radical (unpaired) electrons. The molecule has 18 heavy (non-hydrogen) atoms. The number of halogens is 2. The Labute approximate surface area is 120 Å². The maximum absolute atomic E-state index is 6.20. The summed E-state index contributed by atoms with van der Waals surface area (Å²) in [5.41, 5.74) is 1.74. The number of nitrogens with zero attached hydrogens (tertiary/aromatic N) is 1. The Bertz CT molecular complexity index is 662. The van der Waals surface area contributed by atoms with Gasteiger partial charge in [0.05, 0.1) is 5.69 Å². The molecule has 0 unspecified atom stereocenters. The van der Waals surface area contributed by atoms with Gasteiger partial charge >= 0.3 is 0 Å². The Hall–Kier alpha value is -0.900. The van der Waals surface area contributed by atoms with Gasteiger partial charge in [-0.05, 0) is 37.1 Å². The van der Waals surface area contributed by atoms with E-state index in [0.29, 0.717) is 20.6 Å². The summed E-state index contributed by atoms with van der Waals surface area (Å²) in [5.74, 6) is 1.47. The summed E-state index contributed by atoms with van der Waals surface area (Å²) in [7, 11) is 0. The van der Waals surface area contributed by atoms with Gasteiger partial charge in [0, 0.05) is 21.5 Å². The van der Waals surface area contributed by atoms with E-state index < -0.39 is 0 Å². The average Bonchev–Trinajstić information content (AvgIpc) is 3.15. The number of nitrogens with one attached hydrogen (secondary N) is 1. The van der Waals surface area contributed by atoms with Crippen LogP contribution in [0.5, 0.6) is 0 Å². The molecule has 0 amide bonds. The van der Waals surface area contributed by atoms with Crippen LogP contribution >= 0.6 is 35.4 Å². The second-order valence-corrected chi connectivity index (χ2v) is 5.68. The van der Waals surface area contributed by atoms with Crippen LogP contribution in [0.2, 0.25) is 10.0 Å². The SMILES string of the molecule is S=c1cc(-c2cc(Cl)ccc2Cl)[nH]c(C2CC2)n1. The van der Waals surface area contributed by atoms with Crippen molar-refractivity contribution in [3.63, 3.8) is 0 Å². The topological polar surface area (TPSA) is 28.7 Å². The molecule has 1 fully saturated rings. The van der Waals surface area contributed by atoms with Crippen LogP contribution in [0.1, 0.15) is 24.6 Å². The van der Waals surface area contributed by atoms with Gasteiger partial charge in [0.25, 0.3) is 0 Å². The van der Waals surface area contributed by atoms with Gasteiger partial charge in [-0.3, -0.25) is 0 Å². The average molecular weight is 297 g/mol. The second kappa shape index (κ2) is 4.65. The Morgan fingerprint density at radius 3 is 2.72 bits per heavy atom. The van der Waals surface area contributed by atoms with Crippen molar-refractivity contribution < 1.29 is 0 Å². The fourth-order valence-corrected chi connectivity index (χ4v) is 2.48. The van der Waals surface area contributed by atoms with Crippen LogP contribution in [-0.2, 0) is 0 Å². The number of benzene rings is 1. The first-order valence-corrected chi connectivity index (χ1v) is 6.86. The molecule has 1 saturated carbocycles. The van der Waals surface area contributed by atoms with E-state index >= 15 is 0 Å². The molecule has 5 heteroatoms. The van der Waals surface area contributed by atoms with Crippen molar-refractivity contribution in [3.8, 4) is 11.3 Å². The first kappa shape index (κ1) is 12.2. The van der Waals surface area contributed by atoms with Crippen molar-refractivity contribution >= 4 is 35.4 Å². The molecule has 0 spiro atoms. The Morgan fingerprint density at radius 1 is 1.22 bits per heavy atom. The lowest BCUT2D eigenvalue weighted by atomic mass is 10.1. The summed E-state index contributed by atoms with van der Waals surface area (Å²) in [5, 5.41) is 1.30. The third kappa shape index (κ3) is 2.44. The summed E-state index contributed by atoms with van der Waals surface area (Å²) in [6, 6.07) is 7.21. The van der Waals surface area contributed by atoms with E-state index in [0.717, 1.165) is 17.1 Å². The zero-order valence-electron chi connectivity index (χ0n) is 9.41. The van der Waals surface area contributed by atoms with Crippen LogP contribution in [0, 0.1) is 4.64 Å². The van der Waals surface area contributed by atoms with E-state index in [1.54, 1.807) is 12.1 Å². The number of aromatic nitrogens is 2. The number of rotatable bonds is 2. The largest absolute Gasteiger partial charge is 0.343 e. The normalized spacial score (nSPS) is 14.8. The highest BCUT2D eigenvalue weighted by Crippen LogP contribution is 2.39. The van der Waals surface area contributed by atoms with Gasteiger partial charge in [-0.2, -0.15) is 0 Å². The lowest BCUT2D eigenvalue weighted by Gasteiger charge is -2.07. The predicted octanol–water partition coefficient (Wildman–Crippen LogP) is 4.99. The summed E-state index contributed by atoms with van der Waals surface area (Å²) in [6.45, 7) is 0. The quantitative estimate of drug-likeness (QED) is 0.791. The molecule has 1 heterocycles. The molecular weight excluding hydrogens is 287 g/mol. The zero-order valence-corrected chi connectivity index (χ0v) is 11.7. The van der Waals surface area contributed by atoms with E-state index in [1.807, 2.05) is 12.1 Å². The summed E-state index contributed by atoms with van der Waals surface area (Å²) in [6.07, 6.45) is 2.34. The van der Waals surface area contributed by atoms with E-state index in [1.165, 1.54) is 12.8 Å². The molecule has 1 aliphatic carbocycles. The smallest absolute Gasteiger partial charge is 0.130 e. The lowest BCUT2D eigenvalue weighted by Crippen LogP contribution is -1.95. The minimum atomic E-state index is 0.518. The van der Waals surface area contributed by atoms with Gasteiger partial charge in [-0.1, -0.05) is 35.4 Å². The molecule has 0 saturated heterocycles. The minimum absolute atomic E-state index is 0.518. The van der Waals surface area contributed by atoms with Crippen molar-refractivity contribution in [3.05, 3.63) is 44.8 Å². The minimum Gasteiger partial charge on any atom is -0.343 e. The van der Waals surface area contributed by atoms with Crippen molar-refractivity contribution in [2.24, 2.45) is 0 Å². The Balaban J connectivity index is 2.15. The van der Waals surface area contributed by atoms with Crippen LogP contribution in [-0.4, -0.2) is 9.97 Å². The van der Waals surface area contributed by atoms with Gasteiger partial charge in [0.2, 0.25) is 0 Å². The fourth-order valence-electron chi connectivity index (χ4n) is 1.88. The zero-order chi connectivity index (χ0) is 12.7. The maximum atomic E-state index is 6.20. The number of hydrogen-bond acceptors (Lipinski definition) is 2. The van der Waals surface area contributed by atoms with Crippen LogP contribution in [0.3, 0.4) is 0 Å². The van der Waals surface area contributed by atoms with E-state index in [-0.39, 0.29) is 0 Å². The summed E-state index contributed by atoms with van der Waals surface area (Å²) < 4.78 is 0.585. The van der Waals surface area contributed by atoms with E-state index in [9.17, 15) is 0 Å². The first-order chi connectivity index (χ1) is 8.63. The molecule has 2 aromatic rings. The lowest BCUT2D eigenvalue weighted by molar-refractivity contribution is 0.924.